The van der Waals surface area contributed by atoms with Crippen LogP contribution >= 0.6 is 11.6 Å². The molecule has 0 saturated heterocycles. The molecule has 0 aliphatic heterocycles. The van der Waals surface area contributed by atoms with Crippen molar-refractivity contribution in [2.45, 2.75) is 12.6 Å². The first-order valence-electron chi connectivity index (χ1n) is 5.02. The zero-order chi connectivity index (χ0) is 12.1. The standard InChI is InChI=1S/C11H16ClFN2O/c1-15(6-9(14)7-16)5-8-2-3-11(13)10(12)4-8/h2-4,9,16H,5-7,14H2,1H3. The van der Waals surface area contributed by atoms with Gasteiger partial charge in [0.1, 0.15) is 5.82 Å². The fourth-order valence-electron chi connectivity index (χ4n) is 1.47. The minimum Gasteiger partial charge on any atom is -0.395 e. The van der Waals surface area contributed by atoms with Gasteiger partial charge in [0.25, 0.3) is 0 Å². The van der Waals surface area contributed by atoms with E-state index < -0.39 is 5.82 Å². The first kappa shape index (κ1) is 13.4. The van der Waals surface area contributed by atoms with E-state index in [1.807, 2.05) is 11.9 Å². The van der Waals surface area contributed by atoms with Crippen molar-refractivity contribution in [3.8, 4) is 0 Å². The van der Waals surface area contributed by atoms with Crippen molar-refractivity contribution in [2.75, 3.05) is 20.2 Å². The summed E-state index contributed by atoms with van der Waals surface area (Å²) in [5.74, 6) is -0.417. The first-order valence-corrected chi connectivity index (χ1v) is 5.39. The molecule has 1 rings (SSSR count). The lowest BCUT2D eigenvalue weighted by atomic mass is 10.2. The third kappa shape index (κ3) is 4.06. The van der Waals surface area contributed by atoms with Gasteiger partial charge in [-0.15, -0.1) is 0 Å². The van der Waals surface area contributed by atoms with Gasteiger partial charge >= 0.3 is 0 Å². The number of benzene rings is 1. The number of nitrogens with two attached hydrogens (primary N) is 1. The van der Waals surface area contributed by atoms with Crippen LogP contribution in [-0.2, 0) is 6.54 Å². The Balaban J connectivity index is 2.56. The molecule has 0 spiro atoms. The summed E-state index contributed by atoms with van der Waals surface area (Å²) in [4.78, 5) is 1.95. The Morgan fingerprint density at radius 2 is 2.25 bits per heavy atom. The summed E-state index contributed by atoms with van der Waals surface area (Å²) in [5.41, 5.74) is 6.52. The molecule has 3 nitrogen and oxygen atoms in total. The fraction of sp³-hybridized carbons (Fsp3) is 0.455. The molecular formula is C11H16ClFN2O. The summed E-state index contributed by atoms with van der Waals surface area (Å²) < 4.78 is 12.9. The first-order chi connectivity index (χ1) is 7.52. The second-order valence-electron chi connectivity index (χ2n) is 3.89. The Hall–Kier alpha value is -0.680. The minimum absolute atomic E-state index is 0.0471. The average molecular weight is 247 g/mol. The van der Waals surface area contributed by atoms with E-state index in [2.05, 4.69) is 0 Å². The molecule has 0 fully saturated rings. The van der Waals surface area contributed by atoms with Crippen LogP contribution in [0.25, 0.3) is 0 Å². The van der Waals surface area contributed by atoms with Gasteiger partial charge in [0, 0.05) is 19.1 Å². The quantitative estimate of drug-likeness (QED) is 0.822. The molecule has 3 N–H and O–H groups in total. The third-order valence-corrected chi connectivity index (χ3v) is 2.51. The maximum Gasteiger partial charge on any atom is 0.141 e. The molecule has 90 valence electrons. The predicted molar refractivity (Wildman–Crippen MR) is 62.8 cm³/mol. The molecule has 0 saturated carbocycles. The van der Waals surface area contributed by atoms with Crippen LogP contribution in [0, 0.1) is 5.82 Å². The van der Waals surface area contributed by atoms with E-state index in [9.17, 15) is 4.39 Å². The highest BCUT2D eigenvalue weighted by Crippen LogP contribution is 2.16. The molecule has 1 atom stereocenters. The lowest BCUT2D eigenvalue weighted by Gasteiger charge is -2.20. The maximum atomic E-state index is 12.9. The highest BCUT2D eigenvalue weighted by molar-refractivity contribution is 6.30. The summed E-state index contributed by atoms with van der Waals surface area (Å²) in [6, 6.07) is 4.36. The zero-order valence-electron chi connectivity index (χ0n) is 9.16. The molecule has 0 radical (unpaired) electrons. The average Bonchev–Trinajstić information content (AvgIpc) is 2.23. The van der Waals surface area contributed by atoms with Crippen molar-refractivity contribution < 1.29 is 9.50 Å². The monoisotopic (exact) mass is 246 g/mol. The van der Waals surface area contributed by atoms with Gasteiger partial charge in [0.15, 0.2) is 0 Å². The van der Waals surface area contributed by atoms with Gasteiger partial charge in [-0.25, -0.2) is 4.39 Å². The molecule has 0 aliphatic carbocycles. The maximum absolute atomic E-state index is 12.9. The molecule has 16 heavy (non-hydrogen) atoms. The Kier molecular flexibility index (Phi) is 5.15. The molecule has 0 aliphatic rings. The molecule has 0 heterocycles. The van der Waals surface area contributed by atoms with Crippen LogP contribution in [0.15, 0.2) is 18.2 Å². The van der Waals surface area contributed by atoms with Crippen LogP contribution in [-0.4, -0.2) is 36.2 Å². The van der Waals surface area contributed by atoms with Gasteiger partial charge in [-0.3, -0.25) is 0 Å². The van der Waals surface area contributed by atoms with E-state index in [0.717, 1.165) is 5.56 Å². The number of nitrogens with zero attached hydrogens (tertiary/aromatic N) is 1. The predicted octanol–water partition coefficient (Wildman–Crippen LogP) is 1.23. The van der Waals surface area contributed by atoms with E-state index >= 15 is 0 Å². The molecule has 5 heteroatoms. The summed E-state index contributed by atoms with van der Waals surface area (Å²) in [5, 5.41) is 8.93. The zero-order valence-corrected chi connectivity index (χ0v) is 9.91. The van der Waals surface area contributed by atoms with E-state index in [1.54, 1.807) is 12.1 Å². The topological polar surface area (TPSA) is 49.5 Å². The smallest absolute Gasteiger partial charge is 0.141 e. The summed E-state index contributed by atoms with van der Waals surface area (Å²) >= 11 is 5.67. The minimum atomic E-state index is -0.417. The molecule has 0 amide bonds. The van der Waals surface area contributed by atoms with Crippen LogP contribution in [0.1, 0.15) is 5.56 Å². The van der Waals surface area contributed by atoms with Crippen molar-refractivity contribution in [1.29, 1.82) is 0 Å². The van der Waals surface area contributed by atoms with E-state index in [0.29, 0.717) is 13.1 Å². The largest absolute Gasteiger partial charge is 0.395 e. The van der Waals surface area contributed by atoms with Crippen LogP contribution in [0.3, 0.4) is 0 Å². The number of hydrogen-bond acceptors (Lipinski definition) is 3. The van der Waals surface area contributed by atoms with Gasteiger partial charge in [0.05, 0.1) is 11.6 Å². The highest BCUT2D eigenvalue weighted by Gasteiger charge is 2.07. The van der Waals surface area contributed by atoms with Crippen LogP contribution < -0.4 is 5.73 Å². The number of likely N-dealkylation sites (N-methyl/N-ethyl adjacent to an activating group) is 1. The normalized spacial score (nSPS) is 13.1. The number of aliphatic hydroxyl groups excluding tert-OH is 1. The van der Waals surface area contributed by atoms with Crippen molar-refractivity contribution in [3.05, 3.63) is 34.6 Å². The molecule has 1 aromatic rings. The van der Waals surface area contributed by atoms with Crippen molar-refractivity contribution in [2.24, 2.45) is 5.73 Å². The molecule has 0 aromatic heterocycles. The van der Waals surface area contributed by atoms with E-state index in [4.69, 9.17) is 22.4 Å². The Bertz CT molecular complexity index is 349. The second-order valence-corrected chi connectivity index (χ2v) is 4.30. The van der Waals surface area contributed by atoms with Crippen LogP contribution in [0.2, 0.25) is 5.02 Å². The van der Waals surface area contributed by atoms with E-state index in [-0.39, 0.29) is 17.7 Å². The lowest BCUT2D eigenvalue weighted by Crippen LogP contribution is -2.37. The number of rotatable bonds is 5. The van der Waals surface area contributed by atoms with Crippen molar-refractivity contribution in [3.63, 3.8) is 0 Å². The Morgan fingerprint density at radius 1 is 1.56 bits per heavy atom. The van der Waals surface area contributed by atoms with Crippen molar-refractivity contribution in [1.82, 2.24) is 4.90 Å². The number of aliphatic hydroxyl groups is 1. The summed E-state index contributed by atoms with van der Waals surface area (Å²) in [6.45, 7) is 1.15. The van der Waals surface area contributed by atoms with Crippen LogP contribution in [0.4, 0.5) is 4.39 Å². The summed E-state index contributed by atoms with van der Waals surface area (Å²) in [6.07, 6.45) is 0. The van der Waals surface area contributed by atoms with Gasteiger partial charge in [0.2, 0.25) is 0 Å². The Morgan fingerprint density at radius 3 is 2.81 bits per heavy atom. The third-order valence-electron chi connectivity index (χ3n) is 2.22. The SMILES string of the molecule is CN(Cc1ccc(F)c(Cl)c1)CC(N)CO. The molecule has 1 aromatic carbocycles. The van der Waals surface area contributed by atoms with Crippen molar-refractivity contribution >= 4 is 11.6 Å². The van der Waals surface area contributed by atoms with Gasteiger partial charge in [-0.2, -0.15) is 0 Å². The van der Waals surface area contributed by atoms with Gasteiger partial charge < -0.3 is 15.7 Å². The van der Waals surface area contributed by atoms with Gasteiger partial charge in [-0.1, -0.05) is 17.7 Å². The molecular weight excluding hydrogens is 231 g/mol. The summed E-state index contributed by atoms with van der Waals surface area (Å²) in [7, 11) is 1.88. The lowest BCUT2D eigenvalue weighted by molar-refractivity contribution is 0.218. The molecule has 1 unspecified atom stereocenters. The second kappa shape index (κ2) is 6.15. The molecule has 0 bridgehead atoms. The Labute approximate surface area is 99.6 Å². The van der Waals surface area contributed by atoms with E-state index in [1.165, 1.54) is 6.07 Å². The van der Waals surface area contributed by atoms with Gasteiger partial charge in [-0.05, 0) is 24.7 Å². The van der Waals surface area contributed by atoms with Crippen LogP contribution in [0.5, 0.6) is 0 Å². The number of halogens is 2. The highest BCUT2D eigenvalue weighted by atomic mass is 35.5. The number of hydrogen-bond donors (Lipinski definition) is 2. The fourth-order valence-corrected chi connectivity index (χ4v) is 1.68.